The number of hydrogen-bond donors (Lipinski definition) is 1. The van der Waals surface area contributed by atoms with Gasteiger partial charge in [0, 0.05) is 6.42 Å². The molecule has 0 radical (unpaired) electrons. The summed E-state index contributed by atoms with van der Waals surface area (Å²) in [6, 6.07) is 5.34. The molecule has 1 aliphatic rings. The molecule has 1 aromatic carbocycles. The zero-order chi connectivity index (χ0) is 13.7. The number of Topliss-reactive ketones (excluding diaryl/α,β-unsaturated/α-hetero) is 1. The minimum Gasteiger partial charge on any atom is -0.497 e. The van der Waals surface area contributed by atoms with Crippen molar-refractivity contribution in [1.82, 2.24) is 5.32 Å². The van der Waals surface area contributed by atoms with E-state index in [2.05, 4.69) is 5.32 Å². The lowest BCUT2D eigenvalue weighted by Crippen LogP contribution is -2.11. The standard InChI is InChI=1S/C15H21NO3/c1-18-12-4-6-15(19-2)13(9-12)14(17)5-3-11-7-8-16-10-11/h4,6,9,11,16H,3,5,7-8,10H2,1-2H3. The van der Waals surface area contributed by atoms with Crippen LogP contribution in [0.3, 0.4) is 0 Å². The van der Waals surface area contributed by atoms with Crippen LogP contribution in [0.15, 0.2) is 18.2 Å². The summed E-state index contributed by atoms with van der Waals surface area (Å²) >= 11 is 0. The van der Waals surface area contributed by atoms with Crippen molar-refractivity contribution in [2.24, 2.45) is 5.92 Å². The van der Waals surface area contributed by atoms with E-state index in [1.807, 2.05) is 0 Å². The number of ketones is 1. The number of benzene rings is 1. The molecule has 4 heteroatoms. The maximum Gasteiger partial charge on any atom is 0.166 e. The van der Waals surface area contributed by atoms with E-state index < -0.39 is 0 Å². The monoisotopic (exact) mass is 263 g/mol. The smallest absolute Gasteiger partial charge is 0.166 e. The maximum atomic E-state index is 12.3. The van der Waals surface area contributed by atoms with Crippen molar-refractivity contribution < 1.29 is 14.3 Å². The van der Waals surface area contributed by atoms with Gasteiger partial charge in [-0.1, -0.05) is 0 Å². The van der Waals surface area contributed by atoms with Gasteiger partial charge in [0.25, 0.3) is 0 Å². The third kappa shape index (κ3) is 3.47. The Hall–Kier alpha value is -1.55. The van der Waals surface area contributed by atoms with Gasteiger partial charge in [0.05, 0.1) is 19.8 Å². The summed E-state index contributed by atoms with van der Waals surface area (Å²) in [7, 11) is 3.18. The van der Waals surface area contributed by atoms with Crippen LogP contribution in [0.5, 0.6) is 11.5 Å². The van der Waals surface area contributed by atoms with Gasteiger partial charge in [-0.05, 0) is 50.0 Å². The molecule has 0 spiro atoms. The van der Waals surface area contributed by atoms with Crippen LogP contribution in [0.4, 0.5) is 0 Å². The van der Waals surface area contributed by atoms with Crippen LogP contribution in [-0.4, -0.2) is 33.1 Å². The summed E-state index contributed by atoms with van der Waals surface area (Å²) in [5.41, 5.74) is 0.618. The first-order valence-electron chi connectivity index (χ1n) is 6.70. The Morgan fingerprint density at radius 3 is 2.84 bits per heavy atom. The maximum absolute atomic E-state index is 12.3. The second-order valence-corrected chi connectivity index (χ2v) is 4.89. The number of carbonyl (C=O) groups is 1. The summed E-state index contributed by atoms with van der Waals surface area (Å²) in [4.78, 5) is 12.3. The Morgan fingerprint density at radius 2 is 2.21 bits per heavy atom. The SMILES string of the molecule is COc1ccc(OC)c(C(=O)CCC2CCNC2)c1. The molecule has 1 unspecified atom stereocenters. The molecule has 1 aromatic rings. The lowest BCUT2D eigenvalue weighted by molar-refractivity contribution is 0.0971. The van der Waals surface area contributed by atoms with Crippen molar-refractivity contribution in [3.8, 4) is 11.5 Å². The van der Waals surface area contributed by atoms with Gasteiger partial charge in [0.1, 0.15) is 11.5 Å². The number of carbonyl (C=O) groups excluding carboxylic acids is 1. The molecule has 1 saturated heterocycles. The Labute approximate surface area is 114 Å². The zero-order valence-electron chi connectivity index (χ0n) is 11.6. The molecular weight excluding hydrogens is 242 g/mol. The van der Waals surface area contributed by atoms with Crippen LogP contribution in [0.1, 0.15) is 29.6 Å². The number of hydrogen-bond acceptors (Lipinski definition) is 4. The molecule has 1 N–H and O–H groups in total. The van der Waals surface area contributed by atoms with Gasteiger partial charge in [-0.15, -0.1) is 0 Å². The molecule has 104 valence electrons. The molecule has 0 amide bonds. The Bertz CT molecular complexity index is 439. The van der Waals surface area contributed by atoms with Crippen LogP contribution < -0.4 is 14.8 Å². The second kappa shape index (κ2) is 6.57. The van der Waals surface area contributed by atoms with E-state index >= 15 is 0 Å². The fraction of sp³-hybridized carbons (Fsp3) is 0.533. The summed E-state index contributed by atoms with van der Waals surface area (Å²) < 4.78 is 10.4. The van der Waals surface area contributed by atoms with E-state index in [1.54, 1.807) is 32.4 Å². The van der Waals surface area contributed by atoms with Crippen molar-refractivity contribution in [2.45, 2.75) is 19.3 Å². The fourth-order valence-corrected chi connectivity index (χ4v) is 2.46. The highest BCUT2D eigenvalue weighted by molar-refractivity contribution is 5.99. The molecule has 1 aliphatic heterocycles. The van der Waals surface area contributed by atoms with Crippen molar-refractivity contribution in [2.75, 3.05) is 27.3 Å². The van der Waals surface area contributed by atoms with E-state index in [1.165, 1.54) is 6.42 Å². The van der Waals surface area contributed by atoms with Crippen molar-refractivity contribution in [3.63, 3.8) is 0 Å². The predicted molar refractivity (Wildman–Crippen MR) is 74.1 cm³/mol. The molecule has 1 atom stereocenters. The molecule has 19 heavy (non-hydrogen) atoms. The Morgan fingerprint density at radius 1 is 1.37 bits per heavy atom. The zero-order valence-corrected chi connectivity index (χ0v) is 11.6. The number of nitrogens with one attached hydrogen (secondary N) is 1. The molecular formula is C15H21NO3. The van der Waals surface area contributed by atoms with E-state index in [9.17, 15) is 4.79 Å². The first-order chi connectivity index (χ1) is 9.24. The number of ether oxygens (including phenoxy) is 2. The third-order valence-corrected chi connectivity index (χ3v) is 3.65. The lowest BCUT2D eigenvalue weighted by Gasteiger charge is -2.11. The number of rotatable bonds is 6. The minimum atomic E-state index is 0.127. The van der Waals surface area contributed by atoms with Gasteiger partial charge in [-0.25, -0.2) is 0 Å². The highest BCUT2D eigenvalue weighted by Gasteiger charge is 2.18. The molecule has 0 aromatic heterocycles. The Balaban J connectivity index is 2.03. The quantitative estimate of drug-likeness (QED) is 0.800. The predicted octanol–water partition coefficient (Wildman–Crippen LogP) is 2.28. The fourth-order valence-electron chi connectivity index (χ4n) is 2.46. The minimum absolute atomic E-state index is 0.127. The summed E-state index contributed by atoms with van der Waals surface area (Å²) in [5, 5.41) is 3.32. The van der Waals surface area contributed by atoms with Crippen LogP contribution in [0.25, 0.3) is 0 Å². The van der Waals surface area contributed by atoms with Gasteiger partial charge in [0.2, 0.25) is 0 Å². The summed E-state index contributed by atoms with van der Waals surface area (Å²) in [5.74, 6) is 2.06. The van der Waals surface area contributed by atoms with Gasteiger partial charge >= 0.3 is 0 Å². The topological polar surface area (TPSA) is 47.6 Å². The van der Waals surface area contributed by atoms with E-state index in [0.717, 1.165) is 19.5 Å². The highest BCUT2D eigenvalue weighted by atomic mass is 16.5. The van der Waals surface area contributed by atoms with Crippen LogP contribution in [0.2, 0.25) is 0 Å². The molecule has 1 heterocycles. The van der Waals surface area contributed by atoms with E-state index in [4.69, 9.17) is 9.47 Å². The Kier molecular flexibility index (Phi) is 4.80. The van der Waals surface area contributed by atoms with Gasteiger partial charge < -0.3 is 14.8 Å². The van der Waals surface area contributed by atoms with Crippen LogP contribution >= 0.6 is 0 Å². The molecule has 1 fully saturated rings. The third-order valence-electron chi connectivity index (χ3n) is 3.65. The van der Waals surface area contributed by atoms with Gasteiger partial charge in [0.15, 0.2) is 5.78 Å². The lowest BCUT2D eigenvalue weighted by atomic mass is 9.97. The first kappa shape index (κ1) is 13.9. The second-order valence-electron chi connectivity index (χ2n) is 4.89. The normalized spacial score (nSPS) is 18.3. The largest absolute Gasteiger partial charge is 0.497 e. The average molecular weight is 263 g/mol. The van der Waals surface area contributed by atoms with E-state index in [0.29, 0.717) is 29.4 Å². The van der Waals surface area contributed by atoms with Crippen LogP contribution in [-0.2, 0) is 0 Å². The molecule has 0 aliphatic carbocycles. The highest BCUT2D eigenvalue weighted by Crippen LogP contribution is 2.26. The molecule has 4 nitrogen and oxygen atoms in total. The van der Waals surface area contributed by atoms with Gasteiger partial charge in [-0.2, -0.15) is 0 Å². The summed E-state index contributed by atoms with van der Waals surface area (Å²) in [6.07, 6.45) is 2.67. The van der Waals surface area contributed by atoms with Crippen molar-refractivity contribution in [3.05, 3.63) is 23.8 Å². The first-order valence-corrected chi connectivity index (χ1v) is 6.70. The molecule has 0 saturated carbocycles. The molecule has 2 rings (SSSR count). The van der Waals surface area contributed by atoms with Crippen molar-refractivity contribution >= 4 is 5.78 Å². The van der Waals surface area contributed by atoms with Crippen molar-refractivity contribution in [1.29, 1.82) is 0 Å². The number of methoxy groups -OCH3 is 2. The average Bonchev–Trinajstić information content (AvgIpc) is 2.97. The summed E-state index contributed by atoms with van der Waals surface area (Å²) in [6.45, 7) is 2.10. The van der Waals surface area contributed by atoms with Gasteiger partial charge in [-0.3, -0.25) is 4.79 Å². The van der Waals surface area contributed by atoms with Crippen LogP contribution in [0, 0.1) is 5.92 Å². The van der Waals surface area contributed by atoms with E-state index in [-0.39, 0.29) is 5.78 Å². The molecule has 0 bridgehead atoms.